The number of hydrogen-bond donors (Lipinski definition) is 1. The van der Waals surface area contributed by atoms with E-state index in [0.29, 0.717) is 36.9 Å². The second-order valence-corrected chi connectivity index (χ2v) is 6.84. The van der Waals surface area contributed by atoms with Gasteiger partial charge in [0.05, 0.1) is 12.3 Å². The number of nitrogens with zero attached hydrogens (tertiary/aromatic N) is 1. The maximum atomic E-state index is 12.4. The zero-order chi connectivity index (χ0) is 18.5. The number of carbonyl (C=O) groups is 2. The highest BCUT2D eigenvalue weighted by Gasteiger charge is 2.30. The van der Waals surface area contributed by atoms with Crippen LogP contribution in [0.2, 0.25) is 5.02 Å². The Hall–Kier alpha value is -2.53. The maximum absolute atomic E-state index is 12.4. The summed E-state index contributed by atoms with van der Waals surface area (Å²) in [5.41, 5.74) is 1.86. The molecule has 26 heavy (non-hydrogen) atoms. The summed E-state index contributed by atoms with van der Waals surface area (Å²) in [6, 6.07) is 14.9. The summed E-state index contributed by atoms with van der Waals surface area (Å²) < 4.78 is 5.78. The minimum absolute atomic E-state index is 0.0522. The number of aliphatic carboxylic acids is 1. The van der Waals surface area contributed by atoms with Crippen LogP contribution >= 0.6 is 11.6 Å². The molecule has 3 rings (SSSR count). The molecular weight excluding hydrogens is 354 g/mol. The number of carboxylic acids is 1. The van der Waals surface area contributed by atoms with Crippen molar-refractivity contribution in [3.63, 3.8) is 0 Å². The Kier molecular flexibility index (Phi) is 5.78. The predicted molar refractivity (Wildman–Crippen MR) is 98.3 cm³/mol. The minimum Gasteiger partial charge on any atom is -0.489 e. The summed E-state index contributed by atoms with van der Waals surface area (Å²) in [7, 11) is 0. The number of hydrogen-bond acceptors (Lipinski definition) is 3. The molecule has 1 aliphatic heterocycles. The fraction of sp³-hybridized carbons (Fsp3) is 0.300. The Bertz CT molecular complexity index is 791. The van der Waals surface area contributed by atoms with Gasteiger partial charge in [-0.1, -0.05) is 35.9 Å². The summed E-state index contributed by atoms with van der Waals surface area (Å²) in [6.07, 6.45) is 0.760. The zero-order valence-electron chi connectivity index (χ0n) is 14.2. The number of halogens is 1. The lowest BCUT2D eigenvalue weighted by Gasteiger charge is -2.16. The summed E-state index contributed by atoms with van der Waals surface area (Å²) in [4.78, 5) is 25.0. The third-order valence-corrected chi connectivity index (χ3v) is 4.71. The fourth-order valence-electron chi connectivity index (χ4n) is 2.97. The molecule has 0 bridgehead atoms. The summed E-state index contributed by atoms with van der Waals surface area (Å²) in [5, 5.41) is 9.73. The first kappa shape index (κ1) is 18.3. The first-order chi connectivity index (χ1) is 12.5. The Morgan fingerprint density at radius 1 is 1.15 bits per heavy atom. The van der Waals surface area contributed by atoms with Crippen molar-refractivity contribution >= 4 is 23.5 Å². The van der Waals surface area contributed by atoms with Gasteiger partial charge in [-0.2, -0.15) is 0 Å². The van der Waals surface area contributed by atoms with E-state index in [1.807, 2.05) is 48.5 Å². The van der Waals surface area contributed by atoms with Crippen LogP contribution in [0.25, 0.3) is 0 Å². The first-order valence-corrected chi connectivity index (χ1v) is 8.86. The van der Waals surface area contributed by atoms with E-state index in [1.165, 1.54) is 0 Å². The van der Waals surface area contributed by atoms with Gasteiger partial charge in [-0.25, -0.2) is 0 Å². The molecule has 6 heteroatoms. The van der Waals surface area contributed by atoms with Gasteiger partial charge < -0.3 is 14.7 Å². The van der Waals surface area contributed by atoms with Crippen LogP contribution in [0, 0.1) is 5.92 Å². The van der Waals surface area contributed by atoms with E-state index in [4.69, 9.17) is 21.4 Å². The second kappa shape index (κ2) is 8.23. The molecule has 0 radical (unpaired) electrons. The van der Waals surface area contributed by atoms with Crippen LogP contribution in [0.4, 0.5) is 0 Å². The monoisotopic (exact) mass is 373 g/mol. The van der Waals surface area contributed by atoms with Crippen LogP contribution in [0.5, 0.6) is 5.75 Å². The molecule has 0 spiro atoms. The van der Waals surface area contributed by atoms with Gasteiger partial charge in [-0.05, 0) is 41.8 Å². The highest BCUT2D eigenvalue weighted by atomic mass is 35.5. The van der Waals surface area contributed by atoms with Gasteiger partial charge in [-0.15, -0.1) is 0 Å². The van der Waals surface area contributed by atoms with E-state index in [-0.39, 0.29) is 12.3 Å². The lowest BCUT2D eigenvalue weighted by molar-refractivity contribution is -0.141. The fourth-order valence-corrected chi connectivity index (χ4v) is 3.09. The summed E-state index contributed by atoms with van der Waals surface area (Å²) in [5.74, 6) is -0.649. The van der Waals surface area contributed by atoms with Crippen molar-refractivity contribution in [2.45, 2.75) is 19.4 Å². The van der Waals surface area contributed by atoms with Crippen molar-refractivity contribution in [1.29, 1.82) is 0 Å². The molecule has 1 fully saturated rings. The average Bonchev–Trinajstić information content (AvgIpc) is 3.12. The molecule has 1 atom stereocenters. The van der Waals surface area contributed by atoms with Crippen LogP contribution in [0.1, 0.15) is 17.5 Å². The number of carbonyl (C=O) groups excluding carboxylic acids is 1. The van der Waals surface area contributed by atoms with Gasteiger partial charge in [0.1, 0.15) is 12.4 Å². The molecule has 1 N–H and O–H groups in total. The third kappa shape index (κ3) is 4.76. The van der Waals surface area contributed by atoms with Crippen molar-refractivity contribution in [2.24, 2.45) is 5.92 Å². The number of amides is 1. The van der Waals surface area contributed by atoms with Crippen LogP contribution in [-0.2, 0) is 22.6 Å². The Balaban J connectivity index is 1.56. The molecule has 2 aromatic carbocycles. The molecular formula is C20H20ClNO4. The summed E-state index contributed by atoms with van der Waals surface area (Å²) in [6.45, 7) is 1.21. The number of ether oxygens (including phenoxy) is 1. The van der Waals surface area contributed by atoms with Crippen LogP contribution in [-0.4, -0.2) is 35.0 Å². The second-order valence-electron chi connectivity index (χ2n) is 6.40. The average molecular weight is 374 g/mol. The van der Waals surface area contributed by atoms with Crippen molar-refractivity contribution in [3.8, 4) is 5.75 Å². The molecule has 2 aromatic rings. The van der Waals surface area contributed by atoms with Crippen molar-refractivity contribution in [2.75, 3.05) is 13.1 Å². The van der Waals surface area contributed by atoms with Gasteiger partial charge in [0, 0.05) is 18.1 Å². The number of likely N-dealkylation sites (tertiary alicyclic amines) is 1. The quantitative estimate of drug-likeness (QED) is 0.842. The number of benzene rings is 2. The lowest BCUT2D eigenvalue weighted by Crippen LogP contribution is -2.31. The topological polar surface area (TPSA) is 66.8 Å². The zero-order valence-corrected chi connectivity index (χ0v) is 15.0. The van der Waals surface area contributed by atoms with Gasteiger partial charge in [-0.3, -0.25) is 9.59 Å². The Labute approximate surface area is 157 Å². The van der Waals surface area contributed by atoms with E-state index in [0.717, 1.165) is 11.1 Å². The molecule has 1 amide bonds. The minimum atomic E-state index is -0.835. The van der Waals surface area contributed by atoms with Gasteiger partial charge in [0.25, 0.3) is 0 Å². The summed E-state index contributed by atoms with van der Waals surface area (Å²) >= 11 is 5.87. The van der Waals surface area contributed by atoms with E-state index in [9.17, 15) is 9.59 Å². The van der Waals surface area contributed by atoms with Crippen LogP contribution < -0.4 is 4.74 Å². The van der Waals surface area contributed by atoms with Gasteiger partial charge in [0.15, 0.2) is 0 Å². The van der Waals surface area contributed by atoms with E-state index in [1.54, 1.807) is 4.90 Å². The molecule has 5 nitrogen and oxygen atoms in total. The normalized spacial score (nSPS) is 16.5. The van der Waals surface area contributed by atoms with E-state index >= 15 is 0 Å². The van der Waals surface area contributed by atoms with E-state index < -0.39 is 11.9 Å². The van der Waals surface area contributed by atoms with Gasteiger partial charge in [0.2, 0.25) is 5.91 Å². The molecule has 1 aliphatic rings. The predicted octanol–water partition coefficient (Wildman–Crippen LogP) is 3.39. The molecule has 0 saturated carbocycles. The molecule has 0 aromatic heterocycles. The highest BCUT2D eigenvalue weighted by Crippen LogP contribution is 2.20. The number of carboxylic acid groups (broad SMARTS) is 1. The Morgan fingerprint density at radius 3 is 2.62 bits per heavy atom. The number of rotatable bonds is 6. The van der Waals surface area contributed by atoms with E-state index in [2.05, 4.69) is 0 Å². The lowest BCUT2D eigenvalue weighted by atomic mass is 10.1. The SMILES string of the molecule is O=C(O)C1CCN(C(=O)Cc2cccc(OCc3ccc(Cl)cc3)c2)C1. The molecule has 1 heterocycles. The molecule has 136 valence electrons. The van der Waals surface area contributed by atoms with Crippen LogP contribution in [0.3, 0.4) is 0 Å². The standard InChI is InChI=1S/C20H20ClNO4/c21-17-6-4-14(5-7-17)13-26-18-3-1-2-15(10-18)11-19(23)22-9-8-16(12-22)20(24)25/h1-7,10,16H,8-9,11-13H2,(H,24,25). The molecule has 1 saturated heterocycles. The Morgan fingerprint density at radius 2 is 1.92 bits per heavy atom. The van der Waals surface area contributed by atoms with Gasteiger partial charge >= 0.3 is 5.97 Å². The van der Waals surface area contributed by atoms with Crippen LogP contribution in [0.15, 0.2) is 48.5 Å². The van der Waals surface area contributed by atoms with Crippen molar-refractivity contribution in [3.05, 3.63) is 64.7 Å². The highest BCUT2D eigenvalue weighted by molar-refractivity contribution is 6.30. The van der Waals surface area contributed by atoms with Crippen molar-refractivity contribution in [1.82, 2.24) is 4.90 Å². The maximum Gasteiger partial charge on any atom is 0.308 e. The smallest absolute Gasteiger partial charge is 0.308 e. The van der Waals surface area contributed by atoms with Crippen molar-refractivity contribution < 1.29 is 19.4 Å². The molecule has 1 unspecified atom stereocenters. The largest absolute Gasteiger partial charge is 0.489 e. The molecule has 0 aliphatic carbocycles. The first-order valence-electron chi connectivity index (χ1n) is 8.48. The third-order valence-electron chi connectivity index (χ3n) is 4.46.